The highest BCUT2D eigenvalue weighted by atomic mass is 79.9. The molecule has 2 heterocycles. The molecule has 0 spiro atoms. The molecule has 0 unspecified atom stereocenters. The van der Waals surface area contributed by atoms with Crippen LogP contribution in [0.5, 0.6) is 0 Å². The van der Waals surface area contributed by atoms with E-state index in [1.807, 2.05) is 41.3 Å². The number of carbonyl (C=O) groups excluding carboxylic acids is 1. The topological polar surface area (TPSA) is 48.5 Å². The van der Waals surface area contributed by atoms with E-state index in [4.69, 9.17) is 0 Å². The minimum Gasteiger partial charge on any atom is -0.353 e. The van der Waals surface area contributed by atoms with E-state index < -0.39 is 0 Å². The maximum Gasteiger partial charge on any atom is 0.317 e. The molecule has 0 aliphatic carbocycles. The van der Waals surface area contributed by atoms with Gasteiger partial charge in [0, 0.05) is 43.4 Å². The third-order valence-corrected chi connectivity index (χ3v) is 4.94. The van der Waals surface area contributed by atoms with Crippen LogP contribution in [0, 0.1) is 0 Å². The van der Waals surface area contributed by atoms with Crippen LogP contribution in [0.2, 0.25) is 0 Å². The van der Waals surface area contributed by atoms with Crippen molar-refractivity contribution in [1.29, 1.82) is 0 Å². The zero-order valence-corrected chi connectivity index (χ0v) is 15.1. The van der Waals surface area contributed by atoms with Gasteiger partial charge in [0.1, 0.15) is 5.82 Å². The monoisotopic (exact) mass is 388 g/mol. The van der Waals surface area contributed by atoms with E-state index in [1.165, 1.54) is 5.56 Å². The molecule has 0 saturated carbocycles. The van der Waals surface area contributed by atoms with Crippen LogP contribution in [0.4, 0.5) is 10.6 Å². The van der Waals surface area contributed by atoms with Gasteiger partial charge in [0.2, 0.25) is 0 Å². The van der Waals surface area contributed by atoms with Gasteiger partial charge in [0.25, 0.3) is 0 Å². The first-order valence-corrected chi connectivity index (χ1v) is 8.95. The van der Waals surface area contributed by atoms with Crippen LogP contribution in [-0.4, -0.2) is 48.6 Å². The third-order valence-electron chi connectivity index (χ3n) is 4.17. The molecule has 0 atom stereocenters. The van der Waals surface area contributed by atoms with Crippen LogP contribution >= 0.6 is 15.9 Å². The Morgan fingerprint density at radius 2 is 1.83 bits per heavy atom. The minimum atomic E-state index is 0.0164. The SMILES string of the molecule is O=C(NCCc1ccccc1Br)N1CCN(c2ccccn2)CC1. The fourth-order valence-corrected chi connectivity index (χ4v) is 3.28. The highest BCUT2D eigenvalue weighted by Gasteiger charge is 2.21. The zero-order valence-electron chi connectivity index (χ0n) is 13.5. The molecule has 1 saturated heterocycles. The van der Waals surface area contributed by atoms with Gasteiger partial charge < -0.3 is 15.1 Å². The lowest BCUT2D eigenvalue weighted by Crippen LogP contribution is -2.52. The van der Waals surface area contributed by atoms with Crippen molar-refractivity contribution < 1.29 is 4.79 Å². The van der Waals surface area contributed by atoms with Crippen molar-refractivity contribution >= 4 is 27.8 Å². The fourth-order valence-electron chi connectivity index (χ4n) is 2.80. The molecule has 2 aromatic rings. The normalized spacial score (nSPS) is 14.5. The Labute approximate surface area is 150 Å². The fraction of sp³-hybridized carbons (Fsp3) is 0.333. The molecular formula is C18H21BrN4O. The highest BCUT2D eigenvalue weighted by Crippen LogP contribution is 2.16. The van der Waals surface area contributed by atoms with Gasteiger partial charge >= 0.3 is 6.03 Å². The average molecular weight is 389 g/mol. The number of hydrogen-bond acceptors (Lipinski definition) is 3. The van der Waals surface area contributed by atoms with Crippen LogP contribution in [0.15, 0.2) is 53.1 Å². The Kier molecular flexibility index (Phi) is 5.69. The molecule has 1 fully saturated rings. The summed E-state index contributed by atoms with van der Waals surface area (Å²) in [5, 5.41) is 3.01. The Morgan fingerprint density at radius 3 is 2.54 bits per heavy atom. The summed E-state index contributed by atoms with van der Waals surface area (Å²) in [6.07, 6.45) is 2.62. The lowest BCUT2D eigenvalue weighted by Gasteiger charge is -2.35. The Morgan fingerprint density at radius 1 is 1.08 bits per heavy atom. The van der Waals surface area contributed by atoms with Crippen molar-refractivity contribution in [3.8, 4) is 0 Å². The van der Waals surface area contributed by atoms with Gasteiger partial charge in [-0.25, -0.2) is 9.78 Å². The second-order valence-electron chi connectivity index (χ2n) is 5.74. The van der Waals surface area contributed by atoms with E-state index in [2.05, 4.69) is 37.2 Å². The summed E-state index contributed by atoms with van der Waals surface area (Å²) in [7, 11) is 0. The number of hydrogen-bond donors (Lipinski definition) is 1. The Bertz CT molecular complexity index is 672. The van der Waals surface area contributed by atoms with Crippen molar-refractivity contribution in [2.45, 2.75) is 6.42 Å². The number of amides is 2. The molecule has 2 amide bonds. The molecule has 126 valence electrons. The molecule has 1 aromatic heterocycles. The lowest BCUT2D eigenvalue weighted by atomic mass is 10.1. The van der Waals surface area contributed by atoms with Crippen LogP contribution in [0.1, 0.15) is 5.56 Å². The van der Waals surface area contributed by atoms with Crippen LogP contribution in [0.3, 0.4) is 0 Å². The van der Waals surface area contributed by atoms with E-state index >= 15 is 0 Å². The van der Waals surface area contributed by atoms with Crippen molar-refractivity contribution in [2.75, 3.05) is 37.6 Å². The molecule has 0 radical (unpaired) electrons. The van der Waals surface area contributed by atoms with Gasteiger partial charge in [0.15, 0.2) is 0 Å². The third kappa shape index (κ3) is 4.26. The van der Waals surface area contributed by atoms with E-state index in [0.717, 1.165) is 42.9 Å². The van der Waals surface area contributed by atoms with E-state index in [9.17, 15) is 4.79 Å². The first kappa shape index (κ1) is 16.8. The predicted octanol–water partition coefficient (Wildman–Crippen LogP) is 2.92. The largest absolute Gasteiger partial charge is 0.353 e. The summed E-state index contributed by atoms with van der Waals surface area (Å²) in [5.74, 6) is 0.978. The highest BCUT2D eigenvalue weighted by molar-refractivity contribution is 9.10. The van der Waals surface area contributed by atoms with Crippen molar-refractivity contribution in [3.05, 3.63) is 58.7 Å². The predicted molar refractivity (Wildman–Crippen MR) is 99.3 cm³/mol. The first-order chi connectivity index (χ1) is 11.7. The minimum absolute atomic E-state index is 0.0164. The summed E-state index contributed by atoms with van der Waals surface area (Å²) in [4.78, 5) is 20.7. The van der Waals surface area contributed by atoms with Gasteiger partial charge in [-0.05, 0) is 30.2 Å². The number of nitrogens with one attached hydrogen (secondary N) is 1. The van der Waals surface area contributed by atoms with Crippen molar-refractivity contribution in [3.63, 3.8) is 0 Å². The molecular weight excluding hydrogens is 368 g/mol. The number of pyridine rings is 1. The molecule has 3 rings (SSSR count). The summed E-state index contributed by atoms with van der Waals surface area (Å²) >= 11 is 3.53. The van der Waals surface area contributed by atoms with Gasteiger partial charge in [-0.1, -0.05) is 40.2 Å². The molecule has 5 nitrogen and oxygen atoms in total. The second-order valence-corrected chi connectivity index (χ2v) is 6.59. The first-order valence-electron chi connectivity index (χ1n) is 8.16. The van der Waals surface area contributed by atoms with Crippen LogP contribution in [-0.2, 0) is 6.42 Å². The second kappa shape index (κ2) is 8.15. The number of carbonyl (C=O) groups is 1. The standard InChI is InChI=1S/C18H21BrN4O/c19-16-6-2-1-5-15(16)8-10-21-18(24)23-13-11-22(12-14-23)17-7-3-4-9-20-17/h1-7,9H,8,10-14H2,(H,21,24). The number of benzene rings is 1. The molecule has 1 aliphatic heterocycles. The molecule has 6 heteroatoms. The summed E-state index contributed by atoms with van der Waals surface area (Å²) < 4.78 is 1.09. The molecule has 1 aromatic carbocycles. The lowest BCUT2D eigenvalue weighted by molar-refractivity contribution is 0.194. The maximum atomic E-state index is 12.3. The number of aromatic nitrogens is 1. The van der Waals surface area contributed by atoms with Crippen LogP contribution < -0.4 is 10.2 Å². The molecule has 0 bridgehead atoms. The summed E-state index contributed by atoms with van der Waals surface area (Å²) in [6, 6.07) is 14.0. The zero-order chi connectivity index (χ0) is 16.8. The maximum absolute atomic E-state index is 12.3. The number of rotatable bonds is 4. The number of halogens is 1. The number of anilines is 1. The summed E-state index contributed by atoms with van der Waals surface area (Å²) in [5.41, 5.74) is 1.21. The summed E-state index contributed by atoms with van der Waals surface area (Å²) in [6.45, 7) is 3.71. The van der Waals surface area contributed by atoms with E-state index in [0.29, 0.717) is 6.54 Å². The van der Waals surface area contributed by atoms with E-state index in [1.54, 1.807) is 6.20 Å². The van der Waals surface area contributed by atoms with Gasteiger partial charge in [-0.2, -0.15) is 0 Å². The molecule has 1 aliphatic rings. The quantitative estimate of drug-likeness (QED) is 0.875. The number of urea groups is 1. The van der Waals surface area contributed by atoms with Crippen molar-refractivity contribution in [2.24, 2.45) is 0 Å². The van der Waals surface area contributed by atoms with Gasteiger partial charge in [-0.3, -0.25) is 0 Å². The van der Waals surface area contributed by atoms with E-state index in [-0.39, 0.29) is 6.03 Å². The smallest absolute Gasteiger partial charge is 0.317 e. The Hall–Kier alpha value is -2.08. The number of nitrogens with zero attached hydrogens (tertiary/aromatic N) is 3. The van der Waals surface area contributed by atoms with Gasteiger partial charge in [-0.15, -0.1) is 0 Å². The molecule has 1 N–H and O–H groups in total. The average Bonchev–Trinajstić information content (AvgIpc) is 2.64. The number of piperazine rings is 1. The molecule has 24 heavy (non-hydrogen) atoms. The van der Waals surface area contributed by atoms with Crippen LogP contribution in [0.25, 0.3) is 0 Å². The van der Waals surface area contributed by atoms with Gasteiger partial charge in [0.05, 0.1) is 0 Å². The van der Waals surface area contributed by atoms with Crippen molar-refractivity contribution in [1.82, 2.24) is 15.2 Å². The Balaban J connectivity index is 1.43.